The maximum Gasteiger partial charge on any atom is 0.145 e. The quantitative estimate of drug-likeness (QED) is 0.306. The molecule has 0 N–H and O–H groups in total. The summed E-state index contributed by atoms with van der Waals surface area (Å²) >= 11 is 0. The summed E-state index contributed by atoms with van der Waals surface area (Å²) in [6, 6.07) is 19.8. The average Bonchev–Trinajstić information content (AvgIpc) is 3.24. The van der Waals surface area contributed by atoms with Crippen LogP contribution < -0.4 is 0 Å². The predicted molar refractivity (Wildman–Crippen MR) is 126 cm³/mol. The molecule has 146 valence electrons. The van der Waals surface area contributed by atoms with Crippen molar-refractivity contribution in [2.24, 2.45) is 0 Å². The highest BCUT2D eigenvalue weighted by Gasteiger charge is 2.22. The standard InChI is InChI=1S/C27H23N3/c1-16-9-10-23(28-14-16)17-11-22-21-13-18(27(2,3)4)12-20-19-7-5-6-8-24(19)30(25(20)21)26(22)29-15-17/h5-15H,1-4H3. The van der Waals surface area contributed by atoms with Crippen molar-refractivity contribution >= 4 is 38.2 Å². The van der Waals surface area contributed by atoms with Crippen LogP contribution in [0.1, 0.15) is 31.9 Å². The molecular formula is C27H23N3. The fourth-order valence-electron chi connectivity index (χ4n) is 4.57. The molecule has 0 unspecified atom stereocenters. The summed E-state index contributed by atoms with van der Waals surface area (Å²) in [5, 5.41) is 5.05. The van der Waals surface area contributed by atoms with Gasteiger partial charge in [0.2, 0.25) is 0 Å². The number of nitrogens with zero attached hydrogens (tertiary/aromatic N) is 3. The molecular weight excluding hydrogens is 366 g/mol. The first kappa shape index (κ1) is 17.4. The van der Waals surface area contributed by atoms with E-state index in [0.717, 1.165) is 22.5 Å². The molecule has 4 heterocycles. The Morgan fingerprint density at radius 2 is 1.53 bits per heavy atom. The van der Waals surface area contributed by atoms with Crippen molar-refractivity contribution in [1.82, 2.24) is 14.4 Å². The monoisotopic (exact) mass is 389 g/mol. The van der Waals surface area contributed by atoms with Gasteiger partial charge in [0.05, 0.1) is 16.7 Å². The summed E-state index contributed by atoms with van der Waals surface area (Å²) in [4.78, 5) is 9.55. The molecule has 4 aromatic heterocycles. The zero-order valence-electron chi connectivity index (χ0n) is 17.7. The van der Waals surface area contributed by atoms with Crippen molar-refractivity contribution in [2.75, 3.05) is 0 Å². The Labute approximate surface area is 175 Å². The van der Waals surface area contributed by atoms with Gasteiger partial charge in [0.25, 0.3) is 0 Å². The van der Waals surface area contributed by atoms with Gasteiger partial charge >= 0.3 is 0 Å². The van der Waals surface area contributed by atoms with Crippen molar-refractivity contribution in [3.63, 3.8) is 0 Å². The number of benzene rings is 2. The lowest BCUT2D eigenvalue weighted by atomic mass is 9.85. The van der Waals surface area contributed by atoms with Crippen LogP contribution in [-0.2, 0) is 5.41 Å². The lowest BCUT2D eigenvalue weighted by Gasteiger charge is -2.19. The number of pyridine rings is 2. The maximum atomic E-state index is 4.93. The fourth-order valence-corrected chi connectivity index (χ4v) is 4.57. The van der Waals surface area contributed by atoms with Gasteiger partial charge in [0.1, 0.15) is 5.65 Å². The molecule has 0 aliphatic heterocycles. The van der Waals surface area contributed by atoms with E-state index in [1.165, 1.54) is 38.1 Å². The number of hydrogen-bond donors (Lipinski definition) is 0. The fraction of sp³-hybridized carbons (Fsp3) is 0.185. The van der Waals surface area contributed by atoms with Gasteiger partial charge in [0, 0.05) is 39.5 Å². The summed E-state index contributed by atoms with van der Waals surface area (Å²) in [7, 11) is 0. The van der Waals surface area contributed by atoms with Crippen LogP contribution in [0.5, 0.6) is 0 Å². The van der Waals surface area contributed by atoms with Gasteiger partial charge < -0.3 is 0 Å². The molecule has 0 amide bonds. The molecule has 0 spiro atoms. The molecule has 0 saturated heterocycles. The molecule has 3 heteroatoms. The molecule has 0 saturated carbocycles. The van der Waals surface area contributed by atoms with E-state index < -0.39 is 0 Å². The molecule has 0 aliphatic carbocycles. The third kappa shape index (κ3) is 2.32. The van der Waals surface area contributed by atoms with Gasteiger partial charge in [-0.25, -0.2) is 4.98 Å². The third-order valence-electron chi connectivity index (χ3n) is 6.21. The minimum absolute atomic E-state index is 0.0696. The molecule has 3 nitrogen and oxygen atoms in total. The van der Waals surface area contributed by atoms with Gasteiger partial charge in [0.15, 0.2) is 0 Å². The first-order valence-electron chi connectivity index (χ1n) is 10.4. The SMILES string of the molecule is Cc1ccc(-c2cnc3c(c2)c2cc(C(C)(C)C)cc4c5ccccc5n3c42)nc1. The van der Waals surface area contributed by atoms with Crippen LogP contribution in [0.4, 0.5) is 0 Å². The Bertz CT molecular complexity index is 1560. The smallest absolute Gasteiger partial charge is 0.145 e. The second-order valence-electron chi connectivity index (χ2n) is 9.34. The lowest BCUT2D eigenvalue weighted by molar-refractivity contribution is 0.592. The van der Waals surface area contributed by atoms with Crippen LogP contribution in [0.25, 0.3) is 49.5 Å². The molecule has 30 heavy (non-hydrogen) atoms. The van der Waals surface area contributed by atoms with E-state index in [-0.39, 0.29) is 5.41 Å². The summed E-state index contributed by atoms with van der Waals surface area (Å²) in [5.74, 6) is 0. The van der Waals surface area contributed by atoms with E-state index in [1.807, 2.05) is 12.4 Å². The van der Waals surface area contributed by atoms with Gasteiger partial charge in [-0.1, -0.05) is 45.0 Å². The van der Waals surface area contributed by atoms with Crippen LogP contribution in [0.15, 0.2) is 67.0 Å². The number of rotatable bonds is 1. The Morgan fingerprint density at radius 1 is 0.767 bits per heavy atom. The van der Waals surface area contributed by atoms with Gasteiger partial charge in [-0.15, -0.1) is 0 Å². The minimum atomic E-state index is 0.0696. The van der Waals surface area contributed by atoms with E-state index in [1.54, 1.807) is 0 Å². The van der Waals surface area contributed by atoms with Crippen LogP contribution >= 0.6 is 0 Å². The first-order valence-corrected chi connectivity index (χ1v) is 10.4. The molecule has 6 rings (SSSR count). The molecule has 0 atom stereocenters. The lowest BCUT2D eigenvalue weighted by Crippen LogP contribution is -2.10. The van der Waals surface area contributed by atoms with Crippen molar-refractivity contribution in [3.8, 4) is 11.3 Å². The summed E-state index contributed by atoms with van der Waals surface area (Å²) < 4.78 is 2.33. The van der Waals surface area contributed by atoms with Gasteiger partial charge in [-0.05, 0) is 53.8 Å². The van der Waals surface area contributed by atoms with Crippen molar-refractivity contribution < 1.29 is 0 Å². The van der Waals surface area contributed by atoms with E-state index in [2.05, 4.69) is 91.7 Å². The Hall–Kier alpha value is -3.46. The summed E-state index contributed by atoms with van der Waals surface area (Å²) in [6.07, 6.45) is 3.87. The molecule has 0 fully saturated rings. The zero-order valence-corrected chi connectivity index (χ0v) is 17.7. The van der Waals surface area contributed by atoms with Crippen molar-refractivity contribution in [3.05, 3.63) is 78.1 Å². The number of hydrogen-bond acceptors (Lipinski definition) is 2. The number of para-hydroxylation sites is 1. The van der Waals surface area contributed by atoms with Crippen molar-refractivity contribution in [2.45, 2.75) is 33.1 Å². The molecule has 2 aromatic carbocycles. The Kier molecular flexibility index (Phi) is 3.36. The average molecular weight is 390 g/mol. The number of aromatic nitrogens is 3. The molecule has 0 aliphatic rings. The normalized spacial score (nSPS) is 12.7. The van der Waals surface area contributed by atoms with E-state index >= 15 is 0 Å². The van der Waals surface area contributed by atoms with Crippen LogP contribution in [-0.4, -0.2) is 14.4 Å². The molecule has 6 aromatic rings. The summed E-state index contributed by atoms with van der Waals surface area (Å²) in [5.41, 5.74) is 8.08. The highest BCUT2D eigenvalue weighted by molar-refractivity contribution is 6.23. The number of aryl methyl sites for hydroxylation is 1. The van der Waals surface area contributed by atoms with Gasteiger partial charge in [-0.2, -0.15) is 0 Å². The van der Waals surface area contributed by atoms with Crippen molar-refractivity contribution in [1.29, 1.82) is 0 Å². The topological polar surface area (TPSA) is 30.2 Å². The van der Waals surface area contributed by atoms with Gasteiger partial charge in [-0.3, -0.25) is 9.38 Å². The Balaban J connectivity index is 1.78. The minimum Gasteiger partial charge on any atom is -0.293 e. The van der Waals surface area contributed by atoms with Crippen LogP contribution in [0.3, 0.4) is 0 Å². The second kappa shape index (κ2) is 5.79. The number of fused-ring (bicyclic) bond motifs is 6. The second-order valence-corrected chi connectivity index (χ2v) is 9.34. The predicted octanol–water partition coefficient (Wildman–Crippen LogP) is 6.90. The molecule has 0 bridgehead atoms. The zero-order chi connectivity index (χ0) is 20.6. The summed E-state index contributed by atoms with van der Waals surface area (Å²) in [6.45, 7) is 8.90. The van der Waals surface area contributed by atoms with E-state index in [0.29, 0.717) is 0 Å². The highest BCUT2D eigenvalue weighted by atomic mass is 15.0. The largest absolute Gasteiger partial charge is 0.293 e. The van der Waals surface area contributed by atoms with Crippen LogP contribution in [0.2, 0.25) is 0 Å². The van der Waals surface area contributed by atoms with Crippen LogP contribution in [0, 0.1) is 6.92 Å². The molecule has 0 radical (unpaired) electrons. The Morgan fingerprint density at radius 3 is 2.27 bits per heavy atom. The third-order valence-corrected chi connectivity index (χ3v) is 6.21. The maximum absolute atomic E-state index is 4.93. The first-order chi connectivity index (χ1) is 14.4. The van der Waals surface area contributed by atoms with E-state index in [4.69, 9.17) is 4.98 Å². The highest BCUT2D eigenvalue weighted by Crippen LogP contribution is 2.41. The van der Waals surface area contributed by atoms with E-state index in [9.17, 15) is 0 Å².